The Bertz CT molecular complexity index is 585. The van der Waals surface area contributed by atoms with Crippen LogP contribution in [0.15, 0.2) is 22.7 Å². The Morgan fingerprint density at radius 2 is 2.00 bits per heavy atom. The fraction of sp³-hybridized carbons (Fsp3) is 0.500. The zero-order valence-electron chi connectivity index (χ0n) is 12.1. The van der Waals surface area contributed by atoms with Gasteiger partial charge in [0.2, 0.25) is 5.89 Å². The number of aryl methyl sites for hydroxylation is 2. The highest BCUT2D eigenvalue weighted by atomic mass is 16.5. The largest absolute Gasteiger partial charge is 0.339 e. The molecular weight excluding hydrogens is 250 g/mol. The maximum absolute atomic E-state index is 5.41. The first kappa shape index (κ1) is 13.3. The predicted octanol–water partition coefficient (Wildman–Crippen LogP) is 2.74. The molecule has 0 atom stereocenters. The Kier molecular flexibility index (Phi) is 3.83. The van der Waals surface area contributed by atoms with Gasteiger partial charge in [-0.2, -0.15) is 4.98 Å². The Labute approximate surface area is 119 Å². The molecule has 0 aliphatic carbocycles. The quantitative estimate of drug-likeness (QED) is 0.932. The van der Waals surface area contributed by atoms with E-state index in [2.05, 4.69) is 47.5 Å². The van der Waals surface area contributed by atoms with Gasteiger partial charge in [-0.15, -0.1) is 0 Å². The van der Waals surface area contributed by atoms with Crippen molar-refractivity contribution in [2.45, 2.75) is 39.0 Å². The summed E-state index contributed by atoms with van der Waals surface area (Å²) in [6.45, 7) is 6.35. The van der Waals surface area contributed by atoms with Crippen LogP contribution < -0.4 is 5.32 Å². The van der Waals surface area contributed by atoms with Gasteiger partial charge in [0.15, 0.2) is 5.82 Å². The molecule has 4 heteroatoms. The van der Waals surface area contributed by atoms with E-state index < -0.39 is 0 Å². The molecule has 1 aliphatic rings. The molecular formula is C16H21N3O. The van der Waals surface area contributed by atoms with Crippen molar-refractivity contribution in [3.63, 3.8) is 0 Å². The van der Waals surface area contributed by atoms with Gasteiger partial charge in [-0.05, 0) is 56.5 Å². The highest BCUT2D eigenvalue weighted by molar-refractivity contribution is 5.31. The Morgan fingerprint density at radius 3 is 2.75 bits per heavy atom. The lowest BCUT2D eigenvalue weighted by Gasteiger charge is -2.18. The van der Waals surface area contributed by atoms with Gasteiger partial charge < -0.3 is 9.84 Å². The fourth-order valence-corrected chi connectivity index (χ4v) is 2.67. The molecule has 106 valence electrons. The molecule has 1 aromatic heterocycles. The first-order valence-corrected chi connectivity index (χ1v) is 7.31. The van der Waals surface area contributed by atoms with E-state index in [0.717, 1.165) is 44.1 Å². The van der Waals surface area contributed by atoms with Crippen LogP contribution in [-0.4, -0.2) is 23.2 Å². The SMILES string of the molecule is Cc1ccc(Cc2nc(C3CCNCC3)no2)cc1C. The molecule has 1 N–H and O–H groups in total. The van der Waals surface area contributed by atoms with E-state index in [9.17, 15) is 0 Å². The van der Waals surface area contributed by atoms with Gasteiger partial charge in [-0.3, -0.25) is 0 Å². The molecule has 0 bridgehead atoms. The molecule has 0 amide bonds. The van der Waals surface area contributed by atoms with Crippen LogP contribution in [0.1, 0.15) is 47.2 Å². The normalized spacial score (nSPS) is 16.5. The van der Waals surface area contributed by atoms with Gasteiger partial charge in [0.25, 0.3) is 0 Å². The van der Waals surface area contributed by atoms with E-state index in [-0.39, 0.29) is 0 Å². The minimum atomic E-state index is 0.452. The van der Waals surface area contributed by atoms with Gasteiger partial charge in [-0.25, -0.2) is 0 Å². The lowest BCUT2D eigenvalue weighted by Crippen LogP contribution is -2.27. The Morgan fingerprint density at radius 1 is 1.20 bits per heavy atom. The Balaban J connectivity index is 1.71. The van der Waals surface area contributed by atoms with Gasteiger partial charge >= 0.3 is 0 Å². The lowest BCUT2D eigenvalue weighted by molar-refractivity contribution is 0.365. The minimum Gasteiger partial charge on any atom is -0.339 e. The summed E-state index contributed by atoms with van der Waals surface area (Å²) in [4.78, 5) is 4.58. The number of hydrogen-bond donors (Lipinski definition) is 1. The maximum atomic E-state index is 5.41. The van der Waals surface area contributed by atoms with Gasteiger partial charge in [-0.1, -0.05) is 23.4 Å². The number of nitrogens with zero attached hydrogens (tertiary/aromatic N) is 2. The van der Waals surface area contributed by atoms with Crippen molar-refractivity contribution in [2.75, 3.05) is 13.1 Å². The fourth-order valence-electron chi connectivity index (χ4n) is 2.67. The second-order valence-corrected chi connectivity index (χ2v) is 5.67. The third-order valence-corrected chi connectivity index (χ3v) is 4.11. The van der Waals surface area contributed by atoms with Crippen LogP contribution in [0.3, 0.4) is 0 Å². The third kappa shape index (κ3) is 2.90. The van der Waals surface area contributed by atoms with Crippen molar-refractivity contribution in [2.24, 2.45) is 0 Å². The molecule has 1 aliphatic heterocycles. The van der Waals surface area contributed by atoms with E-state index in [0.29, 0.717) is 5.92 Å². The number of piperidine rings is 1. The van der Waals surface area contributed by atoms with Gasteiger partial charge in [0.05, 0.1) is 6.42 Å². The maximum Gasteiger partial charge on any atom is 0.231 e. The third-order valence-electron chi connectivity index (χ3n) is 4.11. The molecule has 0 radical (unpaired) electrons. The first-order valence-electron chi connectivity index (χ1n) is 7.31. The van der Waals surface area contributed by atoms with Crippen molar-refractivity contribution in [3.8, 4) is 0 Å². The molecule has 1 aromatic carbocycles. The number of aromatic nitrogens is 2. The molecule has 0 unspecified atom stereocenters. The van der Waals surface area contributed by atoms with Crippen LogP contribution >= 0.6 is 0 Å². The second-order valence-electron chi connectivity index (χ2n) is 5.67. The van der Waals surface area contributed by atoms with Crippen molar-refractivity contribution in [1.29, 1.82) is 0 Å². The van der Waals surface area contributed by atoms with Crippen molar-refractivity contribution in [3.05, 3.63) is 46.6 Å². The van der Waals surface area contributed by atoms with Crippen LogP contribution in [0, 0.1) is 13.8 Å². The highest BCUT2D eigenvalue weighted by Gasteiger charge is 2.20. The average Bonchev–Trinajstić information content (AvgIpc) is 2.92. The number of hydrogen-bond acceptors (Lipinski definition) is 4. The summed E-state index contributed by atoms with van der Waals surface area (Å²) in [7, 11) is 0. The molecule has 2 aromatic rings. The van der Waals surface area contributed by atoms with E-state index >= 15 is 0 Å². The zero-order valence-corrected chi connectivity index (χ0v) is 12.1. The summed E-state index contributed by atoms with van der Waals surface area (Å²) < 4.78 is 5.41. The molecule has 2 heterocycles. The van der Waals surface area contributed by atoms with Crippen LogP contribution in [-0.2, 0) is 6.42 Å². The van der Waals surface area contributed by atoms with Crippen molar-refractivity contribution >= 4 is 0 Å². The molecule has 0 spiro atoms. The number of nitrogens with one attached hydrogen (secondary N) is 1. The zero-order chi connectivity index (χ0) is 13.9. The average molecular weight is 271 g/mol. The smallest absolute Gasteiger partial charge is 0.231 e. The van der Waals surface area contributed by atoms with E-state index in [1.165, 1.54) is 16.7 Å². The lowest BCUT2D eigenvalue weighted by atomic mass is 9.97. The first-order chi connectivity index (χ1) is 9.72. The van der Waals surface area contributed by atoms with Crippen molar-refractivity contribution < 1.29 is 4.52 Å². The summed E-state index contributed by atoms with van der Waals surface area (Å²) in [5.74, 6) is 2.06. The minimum absolute atomic E-state index is 0.452. The van der Waals surface area contributed by atoms with Crippen LogP contribution in [0.25, 0.3) is 0 Å². The van der Waals surface area contributed by atoms with Crippen LogP contribution in [0.5, 0.6) is 0 Å². The van der Waals surface area contributed by atoms with E-state index in [1.54, 1.807) is 0 Å². The van der Waals surface area contributed by atoms with Crippen LogP contribution in [0.2, 0.25) is 0 Å². The molecule has 1 saturated heterocycles. The molecule has 0 saturated carbocycles. The topological polar surface area (TPSA) is 51.0 Å². The number of rotatable bonds is 3. The van der Waals surface area contributed by atoms with E-state index in [4.69, 9.17) is 4.52 Å². The number of benzene rings is 1. The Hall–Kier alpha value is -1.68. The molecule has 4 nitrogen and oxygen atoms in total. The second kappa shape index (κ2) is 5.75. The summed E-state index contributed by atoms with van der Waals surface area (Å²) in [6, 6.07) is 6.48. The molecule has 20 heavy (non-hydrogen) atoms. The van der Waals surface area contributed by atoms with Gasteiger partial charge in [0.1, 0.15) is 0 Å². The summed E-state index contributed by atoms with van der Waals surface area (Å²) in [5.41, 5.74) is 3.85. The summed E-state index contributed by atoms with van der Waals surface area (Å²) >= 11 is 0. The highest BCUT2D eigenvalue weighted by Crippen LogP contribution is 2.23. The molecule has 1 fully saturated rings. The standard InChI is InChI=1S/C16H21N3O/c1-11-3-4-13(9-12(11)2)10-15-18-16(19-20-15)14-5-7-17-8-6-14/h3-4,9,14,17H,5-8,10H2,1-2H3. The van der Waals surface area contributed by atoms with Crippen molar-refractivity contribution in [1.82, 2.24) is 15.5 Å². The monoisotopic (exact) mass is 271 g/mol. The van der Waals surface area contributed by atoms with Gasteiger partial charge in [0, 0.05) is 5.92 Å². The summed E-state index contributed by atoms with van der Waals surface area (Å²) in [6.07, 6.45) is 2.92. The molecule has 3 rings (SSSR count). The van der Waals surface area contributed by atoms with Crippen LogP contribution in [0.4, 0.5) is 0 Å². The predicted molar refractivity (Wildman–Crippen MR) is 77.9 cm³/mol. The summed E-state index contributed by atoms with van der Waals surface area (Å²) in [5, 5.41) is 7.52. The van der Waals surface area contributed by atoms with E-state index in [1.807, 2.05) is 0 Å².